The zero-order valence-electron chi connectivity index (χ0n) is 30.2. The fourth-order valence-corrected chi connectivity index (χ4v) is 6.00. The number of nitrogens with two attached hydrogens (primary N) is 2. The number of amides is 1. The van der Waals surface area contributed by atoms with Crippen molar-refractivity contribution in [1.82, 2.24) is 14.8 Å². The van der Waals surface area contributed by atoms with Crippen LogP contribution in [-0.4, -0.2) is 69.7 Å². The number of rotatable bonds is 15. The largest absolute Gasteiger partial charge is 0.481 e. The normalized spacial score (nSPS) is 19.3. The number of hydrogen-bond donors (Lipinski definition) is 3. The molecule has 1 heterocycles. The Bertz CT molecular complexity index is 1470. The van der Waals surface area contributed by atoms with Gasteiger partial charge in [0.25, 0.3) is 0 Å². The number of aliphatic carboxylic acids is 1. The molecule has 1 aliphatic heterocycles. The molecule has 1 saturated heterocycles. The van der Waals surface area contributed by atoms with Gasteiger partial charge in [-0.15, -0.1) is 0 Å². The van der Waals surface area contributed by atoms with Gasteiger partial charge in [-0.3, -0.25) is 4.79 Å². The van der Waals surface area contributed by atoms with Crippen LogP contribution in [0, 0.1) is 5.41 Å². The molecule has 0 saturated carbocycles. The fourth-order valence-electron chi connectivity index (χ4n) is 6.00. The Kier molecular flexibility index (Phi) is 15.4. The summed E-state index contributed by atoms with van der Waals surface area (Å²) in [5, 5.41) is 10.3. The Morgan fingerprint density at radius 2 is 1.52 bits per heavy atom. The summed E-state index contributed by atoms with van der Waals surface area (Å²) in [6.07, 6.45) is -3.37. The van der Waals surface area contributed by atoms with Crippen LogP contribution < -0.4 is 11.6 Å². The number of carbonyl (C=O) groups excluding carboxylic acids is 1. The minimum atomic E-state index is -5.06. The third-order valence-electron chi connectivity index (χ3n) is 8.82. The Morgan fingerprint density at radius 1 is 1.00 bits per heavy atom. The van der Waals surface area contributed by atoms with Crippen LogP contribution in [0.15, 0.2) is 72.0 Å². The Hall–Kier alpha value is -4.47. The van der Waals surface area contributed by atoms with Crippen molar-refractivity contribution in [3.05, 3.63) is 83.7 Å². The van der Waals surface area contributed by atoms with E-state index in [2.05, 4.69) is 18.2 Å². The molecular weight excluding hydrogens is 694 g/mol. The summed E-state index contributed by atoms with van der Waals surface area (Å²) in [6.45, 7) is 14.3. The minimum Gasteiger partial charge on any atom is -0.481 e. The summed E-state index contributed by atoms with van der Waals surface area (Å²) in [5.74, 6) is 4.58. The molecule has 1 aromatic rings. The number of nitrogens with zero attached hydrogens (tertiary/aromatic N) is 4. The number of hydrogen-bond acceptors (Lipinski definition) is 6. The molecule has 290 valence electrons. The number of allylic oxidation sites excluding steroid dienone is 4. The van der Waals surface area contributed by atoms with E-state index in [1.54, 1.807) is 25.8 Å². The topological polar surface area (TPSA) is 138 Å². The summed E-state index contributed by atoms with van der Waals surface area (Å²) in [4.78, 5) is 32.1. The van der Waals surface area contributed by atoms with Crippen molar-refractivity contribution < 1.29 is 45.8 Å². The van der Waals surface area contributed by atoms with Crippen molar-refractivity contribution in [3.8, 4) is 0 Å². The highest BCUT2D eigenvalue weighted by molar-refractivity contribution is 5.79. The third-order valence-corrected chi connectivity index (χ3v) is 8.82. The maximum Gasteiger partial charge on any atom is 0.416 e. The van der Waals surface area contributed by atoms with Gasteiger partial charge < -0.3 is 30.4 Å². The molecule has 1 unspecified atom stereocenters. The first kappa shape index (κ1) is 43.7. The number of ether oxygens (including phenoxy) is 1. The van der Waals surface area contributed by atoms with E-state index < -0.39 is 65.6 Å². The molecule has 3 atom stereocenters. The van der Waals surface area contributed by atoms with Crippen molar-refractivity contribution in [3.63, 3.8) is 0 Å². The van der Waals surface area contributed by atoms with Gasteiger partial charge in [0, 0.05) is 56.1 Å². The summed E-state index contributed by atoms with van der Waals surface area (Å²) < 4.78 is 88.6. The van der Waals surface area contributed by atoms with E-state index in [0.29, 0.717) is 36.1 Å². The summed E-state index contributed by atoms with van der Waals surface area (Å²) in [5.41, 5.74) is 3.62. The molecule has 1 aliphatic rings. The number of likely N-dealkylation sites (tertiary alicyclic amines) is 1. The van der Waals surface area contributed by atoms with E-state index in [1.165, 1.54) is 34.5 Å². The molecule has 1 fully saturated rings. The minimum absolute atomic E-state index is 0.0339. The van der Waals surface area contributed by atoms with Crippen LogP contribution >= 0.6 is 0 Å². The zero-order chi connectivity index (χ0) is 39.6. The fraction of sp³-hybridized carbons (Fsp3) is 0.528. The average molecular weight is 745 g/mol. The lowest BCUT2D eigenvalue weighted by atomic mass is 9.87. The first-order valence-electron chi connectivity index (χ1n) is 16.8. The standard InChI is InChI=1S/C36H50F6N6O4/c1-8-24(25(9-2)21-46(7)44)19-45-32(43)47(20-23-14-26(35(37,38)39)16-27(15-23)36(40,41)42)30-17-28(10-3)48(29(11-4)18-30)33(51)52-22-34(5,6)13-12-31(49)50/h8-9,14-16,19,21,28-30H,1-2,10-13,17-18,20,22,44H2,3-7H3,(H2,43,45)(H,49,50)/b24-19+,25-21+/t28-,29+,30?. The number of carboxylic acids is 1. The summed E-state index contributed by atoms with van der Waals surface area (Å²) in [6, 6.07) is -0.1000. The number of guanidine groups is 1. The predicted molar refractivity (Wildman–Crippen MR) is 187 cm³/mol. The zero-order valence-corrected chi connectivity index (χ0v) is 30.2. The Balaban J connectivity index is 2.63. The number of piperidine rings is 1. The van der Waals surface area contributed by atoms with E-state index in [1.807, 2.05) is 13.8 Å². The number of carboxylic acid groups (broad SMARTS) is 1. The third kappa shape index (κ3) is 12.6. The molecular formula is C36H50F6N6O4. The van der Waals surface area contributed by atoms with Crippen molar-refractivity contribution in [1.29, 1.82) is 0 Å². The smallest absolute Gasteiger partial charge is 0.416 e. The van der Waals surface area contributed by atoms with Crippen LogP contribution in [0.3, 0.4) is 0 Å². The monoisotopic (exact) mass is 744 g/mol. The number of halogens is 6. The van der Waals surface area contributed by atoms with E-state index in [9.17, 15) is 35.9 Å². The van der Waals surface area contributed by atoms with Gasteiger partial charge >= 0.3 is 24.4 Å². The quantitative estimate of drug-likeness (QED) is 0.0413. The lowest BCUT2D eigenvalue weighted by molar-refractivity contribution is -0.143. The lowest BCUT2D eigenvalue weighted by Crippen LogP contribution is -2.58. The molecule has 10 nitrogen and oxygen atoms in total. The van der Waals surface area contributed by atoms with Gasteiger partial charge in [-0.1, -0.05) is 53.0 Å². The van der Waals surface area contributed by atoms with Gasteiger partial charge in [-0.25, -0.2) is 15.6 Å². The first-order chi connectivity index (χ1) is 24.1. The maximum absolute atomic E-state index is 13.8. The van der Waals surface area contributed by atoms with Crippen LogP contribution in [0.1, 0.15) is 82.9 Å². The molecule has 0 spiro atoms. The van der Waals surface area contributed by atoms with Crippen LogP contribution in [-0.2, 0) is 28.4 Å². The molecule has 2 rings (SSSR count). The predicted octanol–water partition coefficient (Wildman–Crippen LogP) is 7.84. The number of benzene rings is 1. The van der Waals surface area contributed by atoms with Crippen LogP contribution in [0.2, 0.25) is 0 Å². The second kappa shape index (κ2) is 18.3. The van der Waals surface area contributed by atoms with Crippen molar-refractivity contribution in [2.24, 2.45) is 22.0 Å². The number of carbonyl (C=O) groups is 2. The van der Waals surface area contributed by atoms with E-state index in [4.69, 9.17) is 21.4 Å². The van der Waals surface area contributed by atoms with Gasteiger partial charge in [0.15, 0.2) is 5.96 Å². The lowest BCUT2D eigenvalue weighted by Gasteiger charge is -2.47. The molecule has 0 bridgehead atoms. The molecule has 0 radical (unpaired) electrons. The maximum atomic E-state index is 13.8. The van der Waals surface area contributed by atoms with E-state index >= 15 is 0 Å². The number of aliphatic imine (C=N–C) groups is 1. The molecule has 16 heteroatoms. The van der Waals surface area contributed by atoms with Crippen molar-refractivity contribution in [2.45, 2.75) is 103 Å². The van der Waals surface area contributed by atoms with Gasteiger partial charge in [-0.2, -0.15) is 26.3 Å². The summed E-state index contributed by atoms with van der Waals surface area (Å²) >= 11 is 0. The van der Waals surface area contributed by atoms with Crippen LogP contribution in [0.5, 0.6) is 0 Å². The number of hydrazine groups is 1. The molecule has 0 aromatic heterocycles. The van der Waals surface area contributed by atoms with Crippen molar-refractivity contribution in [2.75, 3.05) is 13.7 Å². The van der Waals surface area contributed by atoms with Gasteiger partial charge in [0.1, 0.15) is 0 Å². The SMILES string of the molecule is C=CC(=C\N=C(N)N(Cc1cc(C(F)(F)F)cc(C(F)(F)F)c1)C1C[C@@H](CC)N(C(=O)OCC(C)(C)CCC(=O)O)[C@@H](CC)C1)/C(C=C)=C/N(C)N. The highest BCUT2D eigenvalue weighted by Crippen LogP contribution is 2.38. The first-order valence-corrected chi connectivity index (χ1v) is 16.8. The van der Waals surface area contributed by atoms with Crippen LogP contribution in [0.25, 0.3) is 0 Å². The molecule has 0 aliphatic carbocycles. The highest BCUT2D eigenvalue weighted by Gasteiger charge is 2.42. The molecule has 1 aromatic carbocycles. The number of alkyl halides is 6. The van der Waals surface area contributed by atoms with Gasteiger partial charge in [0.05, 0.1) is 17.7 Å². The average Bonchev–Trinajstić information content (AvgIpc) is 3.06. The van der Waals surface area contributed by atoms with Gasteiger partial charge in [-0.05, 0) is 66.9 Å². The van der Waals surface area contributed by atoms with E-state index in [0.717, 1.165) is 0 Å². The van der Waals surface area contributed by atoms with Crippen LogP contribution in [0.4, 0.5) is 31.1 Å². The second-order valence-corrected chi connectivity index (χ2v) is 13.5. The summed E-state index contributed by atoms with van der Waals surface area (Å²) in [7, 11) is 1.57. The van der Waals surface area contributed by atoms with E-state index in [-0.39, 0.29) is 49.9 Å². The Labute approximate surface area is 301 Å². The molecule has 1 amide bonds. The highest BCUT2D eigenvalue weighted by atomic mass is 19.4. The molecule has 5 N–H and O–H groups in total. The van der Waals surface area contributed by atoms with Crippen molar-refractivity contribution >= 4 is 18.0 Å². The molecule has 52 heavy (non-hydrogen) atoms. The van der Waals surface area contributed by atoms with Gasteiger partial charge in [0.2, 0.25) is 0 Å². The Morgan fingerprint density at radius 3 is 1.94 bits per heavy atom. The second-order valence-electron chi connectivity index (χ2n) is 13.5.